The molecule has 0 N–H and O–H groups in total. The lowest BCUT2D eigenvalue weighted by Gasteiger charge is -2.08. The molecule has 0 fully saturated rings. The van der Waals surface area contributed by atoms with E-state index in [2.05, 4.69) is 22.9 Å². The number of carbonyl (C=O) groups excluding carboxylic acids is 2. The van der Waals surface area contributed by atoms with Crippen molar-refractivity contribution in [2.75, 3.05) is 20.3 Å². The number of unbranched alkanes of at least 4 members (excludes halogenated alkanes) is 2. The van der Waals surface area contributed by atoms with Crippen LogP contribution in [0, 0.1) is 0 Å². The third-order valence-corrected chi connectivity index (χ3v) is 4.44. The van der Waals surface area contributed by atoms with Gasteiger partial charge in [0.05, 0.1) is 20.3 Å². The van der Waals surface area contributed by atoms with Gasteiger partial charge >= 0.3 is 11.9 Å². The molecule has 0 aromatic rings. The van der Waals surface area contributed by atoms with Crippen molar-refractivity contribution in [2.45, 2.75) is 33.1 Å². The van der Waals surface area contributed by atoms with Crippen LogP contribution in [0.2, 0.25) is 0 Å². The molecule has 0 aromatic heterocycles. The lowest BCUT2D eigenvalue weighted by atomic mass is 10.1. The number of halogens is 1. The largest absolute Gasteiger partial charge is 0.492 e. The number of rotatable bonds is 8. The minimum absolute atomic E-state index is 0.216. The molecule has 0 aromatic carbocycles. The molecule has 0 bridgehead atoms. The second-order valence-corrected chi connectivity index (χ2v) is 6.64. The number of hydrogen-bond donors (Lipinski definition) is 0. The van der Waals surface area contributed by atoms with Crippen LogP contribution in [0.1, 0.15) is 53.8 Å². The van der Waals surface area contributed by atoms with Gasteiger partial charge < -0.3 is 14.2 Å². The Hall–Kier alpha value is -2.08. The highest BCUT2D eigenvalue weighted by atomic mass is 79.9. The molecule has 0 aliphatic heterocycles. The maximum atomic E-state index is 12.8. The Bertz CT molecular complexity index is 756. The van der Waals surface area contributed by atoms with Gasteiger partial charge in [-0.1, -0.05) is 47.8 Å². The molecule has 0 saturated heterocycles. The SMILES string of the molecule is CCCCCOC(=O)c1c2cccc(Br)cc-2c(C(=O)OC)c1OCC. The highest BCUT2D eigenvalue weighted by molar-refractivity contribution is 9.10. The van der Waals surface area contributed by atoms with Crippen LogP contribution in [0.25, 0.3) is 11.1 Å². The zero-order chi connectivity index (χ0) is 19.1. The molecule has 0 spiro atoms. The van der Waals surface area contributed by atoms with Crippen LogP contribution in [-0.4, -0.2) is 32.3 Å². The summed E-state index contributed by atoms with van der Waals surface area (Å²) in [4.78, 5) is 25.2. The normalized spacial score (nSPS) is 10.6. The van der Waals surface area contributed by atoms with Gasteiger partial charge in [-0.3, -0.25) is 0 Å². The second kappa shape index (κ2) is 9.57. The maximum absolute atomic E-state index is 12.8. The van der Waals surface area contributed by atoms with Crippen molar-refractivity contribution in [1.29, 1.82) is 0 Å². The smallest absolute Gasteiger partial charge is 0.342 e. The van der Waals surface area contributed by atoms with E-state index in [1.54, 1.807) is 25.1 Å². The topological polar surface area (TPSA) is 61.8 Å². The molecule has 6 heteroatoms. The summed E-state index contributed by atoms with van der Waals surface area (Å²) in [5.74, 6) is -0.832. The first-order valence-corrected chi connectivity index (χ1v) is 9.47. The van der Waals surface area contributed by atoms with Crippen LogP contribution in [-0.2, 0) is 9.47 Å². The summed E-state index contributed by atoms with van der Waals surface area (Å²) >= 11 is 3.43. The van der Waals surface area contributed by atoms with Crippen molar-refractivity contribution in [1.82, 2.24) is 0 Å². The number of ether oxygens (including phenoxy) is 3. The molecule has 0 unspecified atom stereocenters. The maximum Gasteiger partial charge on any atom is 0.342 e. The molecular weight excluding hydrogens is 400 g/mol. The zero-order valence-electron chi connectivity index (χ0n) is 15.3. The fourth-order valence-electron chi connectivity index (χ4n) is 2.77. The predicted molar refractivity (Wildman–Crippen MR) is 103 cm³/mol. The molecule has 140 valence electrons. The Kier molecular flexibility index (Phi) is 7.45. The molecule has 2 aliphatic carbocycles. The van der Waals surface area contributed by atoms with Crippen molar-refractivity contribution >= 4 is 27.9 Å². The van der Waals surface area contributed by atoms with Crippen molar-refractivity contribution in [3.05, 3.63) is 39.9 Å². The summed E-state index contributed by atoms with van der Waals surface area (Å²) in [6.45, 7) is 4.52. The summed E-state index contributed by atoms with van der Waals surface area (Å²) in [5, 5.41) is 0. The van der Waals surface area contributed by atoms with Gasteiger partial charge in [-0.2, -0.15) is 0 Å². The van der Waals surface area contributed by atoms with E-state index in [0.29, 0.717) is 24.3 Å². The number of hydrogen-bond acceptors (Lipinski definition) is 5. The molecule has 0 heterocycles. The van der Waals surface area contributed by atoms with Gasteiger partial charge in [0, 0.05) is 15.6 Å². The lowest BCUT2D eigenvalue weighted by molar-refractivity contribution is 0.0495. The third kappa shape index (κ3) is 4.36. The quantitative estimate of drug-likeness (QED) is 0.438. The van der Waals surface area contributed by atoms with E-state index in [0.717, 1.165) is 23.7 Å². The lowest BCUT2D eigenvalue weighted by Crippen LogP contribution is -2.10. The van der Waals surface area contributed by atoms with Gasteiger partial charge in [0.15, 0.2) is 0 Å². The van der Waals surface area contributed by atoms with E-state index in [1.807, 2.05) is 6.07 Å². The van der Waals surface area contributed by atoms with Gasteiger partial charge in [0.1, 0.15) is 16.9 Å². The monoisotopic (exact) mass is 422 g/mol. The number of methoxy groups -OCH3 is 1. The van der Waals surface area contributed by atoms with Gasteiger partial charge in [0.25, 0.3) is 0 Å². The number of esters is 2. The molecule has 0 radical (unpaired) electrons. The van der Waals surface area contributed by atoms with Gasteiger partial charge in [0.2, 0.25) is 0 Å². The average molecular weight is 423 g/mol. The van der Waals surface area contributed by atoms with Crippen LogP contribution in [0.5, 0.6) is 5.75 Å². The van der Waals surface area contributed by atoms with E-state index >= 15 is 0 Å². The minimum atomic E-state index is -0.554. The molecule has 2 rings (SSSR count). The zero-order valence-corrected chi connectivity index (χ0v) is 16.9. The Morgan fingerprint density at radius 3 is 2.42 bits per heavy atom. The highest BCUT2D eigenvalue weighted by Crippen LogP contribution is 2.43. The van der Waals surface area contributed by atoms with E-state index in [1.165, 1.54) is 7.11 Å². The van der Waals surface area contributed by atoms with Crippen molar-refractivity contribution in [3.8, 4) is 16.9 Å². The minimum Gasteiger partial charge on any atom is -0.492 e. The standard InChI is InChI=1S/C20H23BrO5/c1-4-6-7-11-26-20(23)16-14-10-8-9-13(21)12-15(14)17(19(22)24-3)18(16)25-5-2/h8-10,12H,4-7,11H2,1-3H3. The predicted octanol–water partition coefficient (Wildman–Crippen LogP) is 5.09. The van der Waals surface area contributed by atoms with E-state index in [4.69, 9.17) is 14.2 Å². The van der Waals surface area contributed by atoms with E-state index in [9.17, 15) is 9.59 Å². The Morgan fingerprint density at radius 2 is 1.77 bits per heavy atom. The van der Waals surface area contributed by atoms with Gasteiger partial charge in [-0.25, -0.2) is 9.59 Å². The Balaban J connectivity index is 2.58. The summed E-state index contributed by atoms with van der Waals surface area (Å²) in [6.07, 6.45) is 2.83. The fourth-order valence-corrected chi connectivity index (χ4v) is 3.15. The first-order chi connectivity index (χ1) is 12.5. The highest BCUT2D eigenvalue weighted by Gasteiger charge is 2.33. The number of carbonyl (C=O) groups is 2. The van der Waals surface area contributed by atoms with Crippen LogP contribution in [0.4, 0.5) is 0 Å². The molecule has 0 amide bonds. The Morgan fingerprint density at radius 1 is 1.04 bits per heavy atom. The number of fused-ring (bicyclic) bond motifs is 1. The Labute approximate surface area is 162 Å². The van der Waals surface area contributed by atoms with Gasteiger partial charge in [-0.05, 0) is 25.5 Å². The first kappa shape index (κ1) is 20.2. The second-order valence-electron chi connectivity index (χ2n) is 5.73. The summed E-state index contributed by atoms with van der Waals surface area (Å²) < 4.78 is 16.8. The third-order valence-electron chi connectivity index (χ3n) is 3.95. The van der Waals surface area contributed by atoms with Gasteiger partial charge in [-0.15, -0.1) is 0 Å². The summed E-state index contributed by atoms with van der Waals surface area (Å²) in [6, 6.07) is 7.19. The van der Waals surface area contributed by atoms with Crippen molar-refractivity contribution < 1.29 is 23.8 Å². The molecular formula is C20H23BrO5. The molecule has 5 nitrogen and oxygen atoms in total. The molecule has 26 heavy (non-hydrogen) atoms. The molecule has 0 saturated carbocycles. The molecule has 0 atom stereocenters. The van der Waals surface area contributed by atoms with Crippen molar-refractivity contribution in [2.24, 2.45) is 0 Å². The first-order valence-electron chi connectivity index (χ1n) is 8.68. The fraction of sp³-hybridized carbons (Fsp3) is 0.400. The van der Waals surface area contributed by atoms with Crippen LogP contribution < -0.4 is 4.74 Å². The van der Waals surface area contributed by atoms with E-state index in [-0.39, 0.29) is 16.9 Å². The summed E-state index contributed by atoms with van der Waals surface area (Å²) in [7, 11) is 1.30. The van der Waals surface area contributed by atoms with Crippen LogP contribution in [0.15, 0.2) is 28.7 Å². The van der Waals surface area contributed by atoms with Crippen LogP contribution in [0.3, 0.4) is 0 Å². The van der Waals surface area contributed by atoms with E-state index < -0.39 is 11.9 Å². The summed E-state index contributed by atoms with van der Waals surface area (Å²) in [5.41, 5.74) is 1.68. The van der Waals surface area contributed by atoms with Crippen molar-refractivity contribution in [3.63, 3.8) is 0 Å². The molecule has 2 aliphatic rings. The van der Waals surface area contributed by atoms with Crippen LogP contribution >= 0.6 is 15.9 Å². The average Bonchev–Trinajstić information content (AvgIpc) is 2.78.